The number of hydrogen-bond donors (Lipinski definition) is 2. The molecule has 0 amide bonds. The first-order chi connectivity index (χ1) is 9.83. The maximum absolute atomic E-state index is 3.74. The lowest BCUT2D eigenvalue weighted by atomic mass is 9.82. The summed E-state index contributed by atoms with van der Waals surface area (Å²) in [6.45, 7) is 3.24. The minimum Gasteiger partial charge on any atom is -0.380 e. The number of anilines is 1. The predicted octanol–water partition coefficient (Wildman–Crippen LogP) is 3.61. The fourth-order valence-electron chi connectivity index (χ4n) is 3.70. The van der Waals surface area contributed by atoms with E-state index in [0.717, 1.165) is 6.54 Å². The molecule has 0 bridgehead atoms. The first-order valence-electron chi connectivity index (χ1n) is 7.48. The molecule has 2 aliphatic heterocycles. The third kappa shape index (κ3) is 1.83. The number of nitrogens with one attached hydrogen (secondary N) is 2. The summed E-state index contributed by atoms with van der Waals surface area (Å²) in [6, 6.07) is 18.6. The lowest BCUT2D eigenvalue weighted by Gasteiger charge is -2.35. The predicted molar refractivity (Wildman–Crippen MR) is 83.1 cm³/mol. The molecule has 2 N–H and O–H groups in total. The smallest absolute Gasteiger partial charge is 0.0531 e. The summed E-state index contributed by atoms with van der Waals surface area (Å²) >= 11 is 0. The van der Waals surface area contributed by atoms with Gasteiger partial charge in [-0.3, -0.25) is 0 Å². The lowest BCUT2D eigenvalue weighted by molar-refractivity contribution is 0.348. The Kier molecular flexibility index (Phi) is 2.78. The summed E-state index contributed by atoms with van der Waals surface area (Å²) in [5.41, 5.74) is 5.54. The summed E-state index contributed by atoms with van der Waals surface area (Å²) in [5, 5.41) is 7.44. The highest BCUT2D eigenvalue weighted by Gasteiger charge is 2.40. The molecule has 1 saturated heterocycles. The van der Waals surface area contributed by atoms with Crippen LogP contribution in [0.2, 0.25) is 0 Å². The molecule has 0 aliphatic carbocycles. The SMILES string of the molecule is Cc1ccc(C2NCCC3c4ccccc4NC32)cc1. The monoisotopic (exact) mass is 264 g/mol. The molecular weight excluding hydrogens is 244 g/mol. The van der Waals surface area contributed by atoms with Crippen LogP contribution in [-0.4, -0.2) is 12.6 Å². The molecule has 20 heavy (non-hydrogen) atoms. The van der Waals surface area contributed by atoms with E-state index in [2.05, 4.69) is 66.1 Å². The van der Waals surface area contributed by atoms with Crippen molar-refractivity contribution >= 4 is 5.69 Å². The van der Waals surface area contributed by atoms with Crippen LogP contribution in [0.15, 0.2) is 48.5 Å². The number of benzene rings is 2. The zero-order valence-corrected chi connectivity index (χ0v) is 11.8. The quantitative estimate of drug-likeness (QED) is 0.822. The van der Waals surface area contributed by atoms with Crippen LogP contribution >= 0.6 is 0 Å². The van der Waals surface area contributed by atoms with Crippen molar-refractivity contribution in [3.8, 4) is 0 Å². The summed E-state index contributed by atoms with van der Waals surface area (Å²) in [5.74, 6) is 0.638. The van der Waals surface area contributed by atoms with Crippen LogP contribution < -0.4 is 10.6 Å². The van der Waals surface area contributed by atoms with Gasteiger partial charge in [0.15, 0.2) is 0 Å². The Morgan fingerprint density at radius 1 is 1.00 bits per heavy atom. The van der Waals surface area contributed by atoms with Gasteiger partial charge in [0.25, 0.3) is 0 Å². The summed E-state index contributed by atoms with van der Waals surface area (Å²) in [4.78, 5) is 0. The standard InChI is InChI=1S/C18H20N2/c1-12-6-8-13(9-7-12)17-18-15(10-11-19-17)14-4-2-3-5-16(14)20-18/h2-9,15,17-20H,10-11H2,1H3. The van der Waals surface area contributed by atoms with Crippen molar-refractivity contribution in [2.45, 2.75) is 31.3 Å². The summed E-state index contributed by atoms with van der Waals surface area (Å²) < 4.78 is 0. The van der Waals surface area contributed by atoms with E-state index in [1.165, 1.54) is 28.8 Å². The molecule has 3 unspecified atom stereocenters. The van der Waals surface area contributed by atoms with Gasteiger partial charge in [-0.2, -0.15) is 0 Å². The Morgan fingerprint density at radius 2 is 1.80 bits per heavy atom. The highest BCUT2D eigenvalue weighted by atomic mass is 15.1. The Hall–Kier alpha value is -1.80. The maximum atomic E-state index is 3.74. The first kappa shape index (κ1) is 12.0. The number of hydrogen-bond acceptors (Lipinski definition) is 2. The van der Waals surface area contributed by atoms with Crippen LogP contribution in [0.25, 0.3) is 0 Å². The van der Waals surface area contributed by atoms with Gasteiger partial charge >= 0.3 is 0 Å². The molecule has 4 rings (SSSR count). The molecule has 3 atom stereocenters. The molecule has 2 aromatic rings. The van der Waals surface area contributed by atoms with E-state index in [9.17, 15) is 0 Å². The molecule has 2 heterocycles. The summed E-state index contributed by atoms with van der Waals surface area (Å²) in [6.07, 6.45) is 1.22. The van der Waals surface area contributed by atoms with E-state index in [1.807, 2.05) is 0 Å². The van der Waals surface area contributed by atoms with Gasteiger partial charge in [-0.1, -0.05) is 48.0 Å². The molecule has 2 aromatic carbocycles. The van der Waals surface area contributed by atoms with Gasteiger partial charge in [-0.05, 0) is 37.1 Å². The molecular formula is C18H20N2. The van der Waals surface area contributed by atoms with Crippen LogP contribution in [0.1, 0.15) is 35.1 Å². The minimum absolute atomic E-state index is 0.404. The number of piperidine rings is 1. The van der Waals surface area contributed by atoms with Crippen molar-refractivity contribution < 1.29 is 0 Å². The van der Waals surface area contributed by atoms with E-state index in [-0.39, 0.29) is 0 Å². The van der Waals surface area contributed by atoms with Gasteiger partial charge in [-0.25, -0.2) is 0 Å². The third-order valence-corrected chi connectivity index (χ3v) is 4.73. The molecule has 0 saturated carbocycles. The molecule has 2 aliphatic rings. The van der Waals surface area contributed by atoms with Gasteiger partial charge in [0, 0.05) is 11.6 Å². The number of fused-ring (bicyclic) bond motifs is 3. The van der Waals surface area contributed by atoms with E-state index in [1.54, 1.807) is 0 Å². The topological polar surface area (TPSA) is 24.1 Å². The van der Waals surface area contributed by atoms with Crippen molar-refractivity contribution in [2.75, 3.05) is 11.9 Å². The number of rotatable bonds is 1. The fourth-order valence-corrected chi connectivity index (χ4v) is 3.70. The highest BCUT2D eigenvalue weighted by Crippen LogP contribution is 2.44. The molecule has 0 spiro atoms. The molecule has 1 fully saturated rings. The Labute approximate surface area is 120 Å². The summed E-state index contributed by atoms with van der Waals surface area (Å²) in [7, 11) is 0. The van der Waals surface area contributed by atoms with Crippen molar-refractivity contribution in [3.63, 3.8) is 0 Å². The third-order valence-electron chi connectivity index (χ3n) is 4.73. The minimum atomic E-state index is 0.404. The second-order valence-electron chi connectivity index (χ2n) is 6.00. The fraction of sp³-hybridized carbons (Fsp3) is 0.333. The van der Waals surface area contributed by atoms with Crippen molar-refractivity contribution in [1.82, 2.24) is 5.32 Å². The van der Waals surface area contributed by atoms with Crippen molar-refractivity contribution in [2.24, 2.45) is 0 Å². The van der Waals surface area contributed by atoms with Gasteiger partial charge in [-0.15, -0.1) is 0 Å². The van der Waals surface area contributed by atoms with Gasteiger partial charge in [0.1, 0.15) is 0 Å². The second kappa shape index (κ2) is 4.64. The molecule has 102 valence electrons. The zero-order valence-electron chi connectivity index (χ0n) is 11.8. The average molecular weight is 264 g/mol. The van der Waals surface area contributed by atoms with Crippen LogP contribution in [0.5, 0.6) is 0 Å². The average Bonchev–Trinajstić information content (AvgIpc) is 2.87. The van der Waals surface area contributed by atoms with Crippen LogP contribution in [-0.2, 0) is 0 Å². The van der Waals surface area contributed by atoms with Crippen LogP contribution in [0.4, 0.5) is 5.69 Å². The van der Waals surface area contributed by atoms with Crippen molar-refractivity contribution in [3.05, 3.63) is 65.2 Å². The van der Waals surface area contributed by atoms with Gasteiger partial charge in [0.05, 0.1) is 12.1 Å². The maximum Gasteiger partial charge on any atom is 0.0531 e. The van der Waals surface area contributed by atoms with Gasteiger partial charge in [0.2, 0.25) is 0 Å². The zero-order chi connectivity index (χ0) is 13.5. The molecule has 0 radical (unpaired) electrons. The largest absolute Gasteiger partial charge is 0.380 e. The van der Waals surface area contributed by atoms with E-state index >= 15 is 0 Å². The van der Waals surface area contributed by atoms with Crippen molar-refractivity contribution in [1.29, 1.82) is 0 Å². The highest BCUT2D eigenvalue weighted by molar-refractivity contribution is 5.60. The normalized spacial score (nSPS) is 27.6. The number of para-hydroxylation sites is 1. The van der Waals surface area contributed by atoms with Crippen LogP contribution in [0, 0.1) is 6.92 Å². The van der Waals surface area contributed by atoms with Gasteiger partial charge < -0.3 is 10.6 Å². The van der Waals surface area contributed by atoms with E-state index in [4.69, 9.17) is 0 Å². The molecule has 2 nitrogen and oxygen atoms in total. The first-order valence-corrected chi connectivity index (χ1v) is 7.48. The Morgan fingerprint density at radius 3 is 2.65 bits per heavy atom. The van der Waals surface area contributed by atoms with Crippen LogP contribution in [0.3, 0.4) is 0 Å². The second-order valence-corrected chi connectivity index (χ2v) is 6.00. The van der Waals surface area contributed by atoms with E-state index < -0.39 is 0 Å². The molecule has 2 heteroatoms. The number of aryl methyl sites for hydroxylation is 1. The lowest BCUT2D eigenvalue weighted by Crippen LogP contribution is -2.43. The Balaban J connectivity index is 1.69. The Bertz CT molecular complexity index is 618. The molecule has 0 aromatic heterocycles. The van der Waals surface area contributed by atoms with E-state index in [0.29, 0.717) is 18.0 Å².